The predicted molar refractivity (Wildman–Crippen MR) is 118 cm³/mol. The zero-order valence-corrected chi connectivity index (χ0v) is 17.2. The number of hydrogen-bond acceptors (Lipinski definition) is 6. The van der Waals surface area contributed by atoms with E-state index in [1.54, 1.807) is 36.4 Å². The predicted octanol–water partition coefficient (Wildman–Crippen LogP) is 4.15. The summed E-state index contributed by atoms with van der Waals surface area (Å²) in [7, 11) is 0. The number of hydrogen-bond donors (Lipinski definition) is 2. The van der Waals surface area contributed by atoms with Crippen LogP contribution >= 0.6 is 0 Å². The molecule has 0 aliphatic heterocycles. The van der Waals surface area contributed by atoms with Crippen molar-refractivity contribution in [2.24, 2.45) is 0 Å². The third-order valence-electron chi connectivity index (χ3n) is 4.24. The number of non-ortho nitro benzene ring substituents is 1. The monoisotopic (exact) mass is 435 g/mol. The summed E-state index contributed by atoms with van der Waals surface area (Å²) < 4.78 is 11.1. The molecule has 0 spiro atoms. The van der Waals surface area contributed by atoms with Crippen molar-refractivity contribution in [3.63, 3.8) is 0 Å². The van der Waals surface area contributed by atoms with Crippen LogP contribution in [0.3, 0.4) is 0 Å². The van der Waals surface area contributed by atoms with Gasteiger partial charge in [-0.3, -0.25) is 19.7 Å². The second-order valence-corrected chi connectivity index (χ2v) is 6.57. The van der Waals surface area contributed by atoms with Gasteiger partial charge in [-0.25, -0.2) is 0 Å². The molecule has 32 heavy (non-hydrogen) atoms. The molecule has 0 atom stereocenters. The number of rotatable bonds is 9. The molecule has 3 aromatic carbocycles. The molecule has 0 saturated heterocycles. The van der Waals surface area contributed by atoms with E-state index in [2.05, 4.69) is 10.6 Å². The molecule has 3 aromatic rings. The van der Waals surface area contributed by atoms with Crippen molar-refractivity contribution in [3.05, 3.63) is 88.5 Å². The first kappa shape index (κ1) is 22.3. The van der Waals surface area contributed by atoms with Gasteiger partial charge in [0.2, 0.25) is 5.91 Å². The van der Waals surface area contributed by atoms with Gasteiger partial charge in [0.1, 0.15) is 17.2 Å². The van der Waals surface area contributed by atoms with E-state index in [9.17, 15) is 19.7 Å². The van der Waals surface area contributed by atoms with Crippen molar-refractivity contribution in [1.82, 2.24) is 5.32 Å². The van der Waals surface area contributed by atoms with Gasteiger partial charge >= 0.3 is 0 Å². The van der Waals surface area contributed by atoms with Crippen LogP contribution in [-0.2, 0) is 4.79 Å². The summed E-state index contributed by atoms with van der Waals surface area (Å²) in [5, 5.41) is 15.9. The number of anilines is 1. The van der Waals surface area contributed by atoms with Gasteiger partial charge in [0.05, 0.1) is 18.1 Å². The molecule has 0 saturated carbocycles. The summed E-state index contributed by atoms with van der Waals surface area (Å²) in [4.78, 5) is 34.4. The first-order valence-electron chi connectivity index (χ1n) is 9.78. The average molecular weight is 435 g/mol. The van der Waals surface area contributed by atoms with E-state index in [4.69, 9.17) is 9.47 Å². The molecule has 0 unspecified atom stereocenters. The third-order valence-corrected chi connectivity index (χ3v) is 4.24. The van der Waals surface area contributed by atoms with Gasteiger partial charge in [0.15, 0.2) is 0 Å². The van der Waals surface area contributed by atoms with Gasteiger partial charge in [-0.15, -0.1) is 0 Å². The highest BCUT2D eigenvalue weighted by Gasteiger charge is 2.12. The first-order chi connectivity index (χ1) is 15.4. The molecule has 0 aliphatic rings. The highest BCUT2D eigenvalue weighted by atomic mass is 16.6. The molecule has 0 radical (unpaired) electrons. The molecule has 9 heteroatoms. The van der Waals surface area contributed by atoms with Crippen molar-refractivity contribution >= 4 is 23.2 Å². The molecule has 9 nitrogen and oxygen atoms in total. The van der Waals surface area contributed by atoms with Crippen LogP contribution in [0.25, 0.3) is 0 Å². The molecule has 2 N–H and O–H groups in total. The highest BCUT2D eigenvalue weighted by Crippen LogP contribution is 2.25. The number of carbonyl (C=O) groups excluding carboxylic acids is 2. The van der Waals surface area contributed by atoms with Crippen LogP contribution in [0.4, 0.5) is 11.4 Å². The second kappa shape index (κ2) is 10.6. The molecule has 2 amide bonds. The minimum absolute atomic E-state index is 0.0998. The van der Waals surface area contributed by atoms with Crippen molar-refractivity contribution in [2.75, 3.05) is 18.5 Å². The van der Waals surface area contributed by atoms with E-state index in [1.807, 2.05) is 19.1 Å². The largest absolute Gasteiger partial charge is 0.494 e. The summed E-state index contributed by atoms with van der Waals surface area (Å²) in [6.07, 6.45) is 0. The maximum absolute atomic E-state index is 12.1. The molecule has 164 valence electrons. The van der Waals surface area contributed by atoms with Gasteiger partial charge in [0, 0.05) is 23.4 Å². The van der Waals surface area contributed by atoms with Crippen molar-refractivity contribution in [3.8, 4) is 17.2 Å². The summed E-state index contributed by atoms with van der Waals surface area (Å²) in [5.74, 6) is 0.975. The normalized spacial score (nSPS) is 10.2. The number of amides is 2. The van der Waals surface area contributed by atoms with E-state index in [1.165, 1.54) is 18.2 Å². The number of carbonyl (C=O) groups is 2. The van der Waals surface area contributed by atoms with E-state index in [0.717, 1.165) is 11.8 Å². The Balaban J connectivity index is 1.49. The van der Waals surface area contributed by atoms with Crippen molar-refractivity contribution < 1.29 is 24.0 Å². The summed E-state index contributed by atoms with van der Waals surface area (Å²) in [6.45, 7) is 2.22. The molecule has 0 heterocycles. The molecule has 0 fully saturated rings. The minimum Gasteiger partial charge on any atom is -0.494 e. The Labute approximate surface area is 184 Å². The van der Waals surface area contributed by atoms with Crippen LogP contribution in [0.15, 0.2) is 72.8 Å². The van der Waals surface area contributed by atoms with Crippen LogP contribution in [0.5, 0.6) is 17.2 Å². The number of nitrogens with zero attached hydrogens (tertiary/aromatic N) is 1. The fourth-order valence-electron chi connectivity index (χ4n) is 2.74. The highest BCUT2D eigenvalue weighted by molar-refractivity contribution is 5.99. The van der Waals surface area contributed by atoms with Crippen LogP contribution in [0.1, 0.15) is 17.3 Å². The standard InChI is InChI=1S/C23H21N3O6/c1-2-31-19-10-12-21(13-11-19)32-20-8-6-17(7-9-20)25-22(27)15-24-23(28)16-4-3-5-18(14-16)26(29)30/h3-14H,2,15H2,1H3,(H,24,28)(H,25,27). The number of nitrogens with one attached hydrogen (secondary N) is 2. The Hall–Kier alpha value is -4.40. The fraction of sp³-hybridized carbons (Fsp3) is 0.130. The van der Waals surface area contributed by atoms with Gasteiger partial charge in [-0.1, -0.05) is 6.07 Å². The van der Waals surface area contributed by atoms with E-state index >= 15 is 0 Å². The Morgan fingerprint density at radius 3 is 2.19 bits per heavy atom. The maximum Gasteiger partial charge on any atom is 0.270 e. The lowest BCUT2D eigenvalue weighted by atomic mass is 10.2. The molecular weight excluding hydrogens is 414 g/mol. The lowest BCUT2D eigenvalue weighted by molar-refractivity contribution is -0.384. The molecular formula is C23H21N3O6. The fourth-order valence-corrected chi connectivity index (χ4v) is 2.74. The summed E-state index contributed by atoms with van der Waals surface area (Å²) >= 11 is 0. The maximum atomic E-state index is 12.1. The van der Waals surface area contributed by atoms with Crippen LogP contribution in [0, 0.1) is 10.1 Å². The van der Waals surface area contributed by atoms with Gasteiger partial charge < -0.3 is 20.1 Å². The number of nitro benzene ring substituents is 1. The zero-order valence-electron chi connectivity index (χ0n) is 17.2. The third kappa shape index (κ3) is 6.30. The lowest BCUT2D eigenvalue weighted by Crippen LogP contribution is -2.32. The first-order valence-corrected chi connectivity index (χ1v) is 9.78. The molecule has 0 aromatic heterocycles. The molecule has 3 rings (SSSR count). The van der Waals surface area contributed by atoms with E-state index in [0.29, 0.717) is 23.8 Å². The Bertz CT molecular complexity index is 1100. The Kier molecular flexibility index (Phi) is 7.37. The van der Waals surface area contributed by atoms with Gasteiger partial charge in [-0.2, -0.15) is 0 Å². The smallest absolute Gasteiger partial charge is 0.270 e. The number of ether oxygens (including phenoxy) is 2. The Morgan fingerprint density at radius 1 is 0.938 bits per heavy atom. The molecule has 0 bridgehead atoms. The number of nitro groups is 1. The Morgan fingerprint density at radius 2 is 1.56 bits per heavy atom. The average Bonchev–Trinajstić information content (AvgIpc) is 2.80. The quantitative estimate of drug-likeness (QED) is 0.385. The van der Waals surface area contributed by atoms with E-state index in [-0.39, 0.29) is 17.8 Å². The second-order valence-electron chi connectivity index (χ2n) is 6.57. The SMILES string of the molecule is CCOc1ccc(Oc2ccc(NC(=O)CNC(=O)c3cccc([N+](=O)[O-])c3)cc2)cc1. The topological polar surface area (TPSA) is 120 Å². The zero-order chi connectivity index (χ0) is 22.9. The summed E-state index contributed by atoms with van der Waals surface area (Å²) in [5.41, 5.74) is 0.427. The minimum atomic E-state index is -0.591. The van der Waals surface area contributed by atoms with Gasteiger partial charge in [0.25, 0.3) is 11.6 Å². The van der Waals surface area contributed by atoms with Crippen LogP contribution < -0.4 is 20.1 Å². The van der Waals surface area contributed by atoms with Crippen molar-refractivity contribution in [2.45, 2.75) is 6.92 Å². The van der Waals surface area contributed by atoms with Crippen LogP contribution in [-0.4, -0.2) is 29.9 Å². The summed E-state index contributed by atoms with van der Waals surface area (Å²) in [6, 6.07) is 19.2. The lowest BCUT2D eigenvalue weighted by Gasteiger charge is -2.09. The number of benzene rings is 3. The van der Waals surface area contributed by atoms with Crippen LogP contribution in [0.2, 0.25) is 0 Å². The van der Waals surface area contributed by atoms with Gasteiger partial charge in [-0.05, 0) is 61.5 Å². The van der Waals surface area contributed by atoms with Crippen molar-refractivity contribution in [1.29, 1.82) is 0 Å². The molecule has 0 aliphatic carbocycles. The van der Waals surface area contributed by atoms with E-state index < -0.39 is 16.7 Å².